The Labute approximate surface area is 202 Å². The number of anilines is 1. The van der Waals surface area contributed by atoms with Gasteiger partial charge in [0.05, 0.1) is 21.7 Å². The minimum absolute atomic E-state index is 0.215. The fourth-order valence-corrected chi connectivity index (χ4v) is 5.13. The van der Waals surface area contributed by atoms with Crippen LogP contribution < -0.4 is 10.6 Å². The first kappa shape index (κ1) is 23.1. The molecule has 2 aromatic carbocycles. The van der Waals surface area contributed by atoms with E-state index in [0.717, 1.165) is 12.1 Å². The van der Waals surface area contributed by atoms with Crippen LogP contribution in [-0.2, 0) is 11.0 Å². The molecule has 2 unspecified atom stereocenters. The normalized spacial score (nSPS) is 19.9. The van der Waals surface area contributed by atoms with E-state index >= 15 is 0 Å². The van der Waals surface area contributed by atoms with Gasteiger partial charge in [0, 0.05) is 12.6 Å². The van der Waals surface area contributed by atoms with E-state index in [0.29, 0.717) is 28.1 Å². The van der Waals surface area contributed by atoms with E-state index in [-0.39, 0.29) is 42.3 Å². The van der Waals surface area contributed by atoms with Crippen molar-refractivity contribution < 1.29 is 27.6 Å². The van der Waals surface area contributed by atoms with Crippen molar-refractivity contribution >= 4 is 34.7 Å². The number of benzene rings is 2. The number of fused-ring (bicyclic) bond motifs is 2. The van der Waals surface area contributed by atoms with Crippen molar-refractivity contribution in [1.82, 2.24) is 10.2 Å². The summed E-state index contributed by atoms with van der Waals surface area (Å²) in [5.41, 5.74) is 0.504. The summed E-state index contributed by atoms with van der Waals surface area (Å²) in [6, 6.07) is 12.0. The van der Waals surface area contributed by atoms with E-state index in [1.54, 1.807) is 29.6 Å². The molecule has 3 heterocycles. The van der Waals surface area contributed by atoms with Gasteiger partial charge >= 0.3 is 6.18 Å². The van der Waals surface area contributed by atoms with Gasteiger partial charge in [0.1, 0.15) is 6.04 Å². The highest BCUT2D eigenvalue weighted by molar-refractivity contribution is 7.12. The van der Waals surface area contributed by atoms with E-state index in [4.69, 9.17) is 0 Å². The maximum atomic E-state index is 13.4. The molecule has 2 N–H and O–H groups in total. The van der Waals surface area contributed by atoms with Crippen LogP contribution in [0.2, 0.25) is 0 Å². The Bertz CT molecular complexity index is 1310. The molecule has 0 saturated carbocycles. The van der Waals surface area contributed by atoms with Crippen molar-refractivity contribution in [2.24, 2.45) is 0 Å². The van der Waals surface area contributed by atoms with E-state index in [1.165, 1.54) is 34.4 Å². The van der Waals surface area contributed by atoms with Crippen LogP contribution in [0.5, 0.6) is 0 Å². The summed E-state index contributed by atoms with van der Waals surface area (Å²) in [7, 11) is 0. The topological polar surface area (TPSA) is 78.5 Å². The van der Waals surface area contributed by atoms with E-state index in [1.807, 2.05) is 0 Å². The summed E-state index contributed by atoms with van der Waals surface area (Å²) in [4.78, 5) is 40.9. The zero-order valence-corrected chi connectivity index (χ0v) is 19.1. The maximum absolute atomic E-state index is 13.4. The third-order valence-corrected chi connectivity index (χ3v) is 7.15. The van der Waals surface area contributed by atoms with Gasteiger partial charge in [-0.2, -0.15) is 13.2 Å². The van der Waals surface area contributed by atoms with Crippen LogP contribution in [0.4, 0.5) is 18.9 Å². The van der Waals surface area contributed by atoms with E-state index in [9.17, 15) is 27.6 Å². The Morgan fingerprint density at radius 2 is 1.86 bits per heavy atom. The van der Waals surface area contributed by atoms with Gasteiger partial charge in [0.25, 0.3) is 11.8 Å². The molecule has 10 heteroatoms. The average molecular weight is 500 g/mol. The maximum Gasteiger partial charge on any atom is 0.416 e. The summed E-state index contributed by atoms with van der Waals surface area (Å²) in [5, 5.41) is 7.52. The second-order valence-corrected chi connectivity index (χ2v) is 9.46. The van der Waals surface area contributed by atoms with Crippen molar-refractivity contribution in [2.75, 3.05) is 11.9 Å². The van der Waals surface area contributed by atoms with Crippen molar-refractivity contribution in [3.05, 3.63) is 76.0 Å². The highest BCUT2D eigenvalue weighted by Crippen LogP contribution is 2.35. The van der Waals surface area contributed by atoms with Gasteiger partial charge in [-0.25, -0.2) is 0 Å². The summed E-state index contributed by atoms with van der Waals surface area (Å²) >= 11 is 1.32. The fourth-order valence-electron chi connectivity index (χ4n) is 4.51. The van der Waals surface area contributed by atoms with Gasteiger partial charge < -0.3 is 15.5 Å². The number of alkyl halides is 3. The second-order valence-electron chi connectivity index (χ2n) is 8.51. The SMILES string of the molecule is O=C(NC1CCN2C(=O)c3cc(-c4cccc(C(F)(F)F)c4)ccc3NC(=O)C2C1)c1cccs1. The number of halogens is 3. The van der Waals surface area contributed by atoms with Gasteiger partial charge in [-0.05, 0) is 59.7 Å². The molecule has 2 aliphatic heterocycles. The highest BCUT2D eigenvalue weighted by Gasteiger charge is 2.40. The van der Waals surface area contributed by atoms with Crippen LogP contribution >= 0.6 is 11.3 Å². The van der Waals surface area contributed by atoms with Crippen LogP contribution in [0.3, 0.4) is 0 Å². The minimum atomic E-state index is -4.48. The minimum Gasteiger partial charge on any atom is -0.348 e. The Balaban J connectivity index is 1.39. The Kier molecular flexibility index (Phi) is 5.84. The van der Waals surface area contributed by atoms with Crippen molar-refractivity contribution in [3.63, 3.8) is 0 Å². The Morgan fingerprint density at radius 3 is 2.60 bits per heavy atom. The van der Waals surface area contributed by atoms with E-state index < -0.39 is 17.8 Å². The zero-order chi connectivity index (χ0) is 24.7. The molecule has 5 rings (SSSR count). The first-order chi connectivity index (χ1) is 16.7. The number of hydrogen-bond donors (Lipinski definition) is 2. The quantitative estimate of drug-likeness (QED) is 0.544. The molecule has 1 fully saturated rings. The summed E-state index contributed by atoms with van der Waals surface area (Å²) in [5.74, 6) is -0.952. The Hall–Kier alpha value is -3.66. The first-order valence-electron chi connectivity index (χ1n) is 11.0. The van der Waals surface area contributed by atoms with Crippen molar-refractivity contribution in [2.45, 2.75) is 31.1 Å². The number of carbonyl (C=O) groups excluding carboxylic acids is 3. The molecule has 0 aliphatic carbocycles. The molecule has 0 bridgehead atoms. The molecule has 2 atom stereocenters. The molecule has 1 aromatic heterocycles. The van der Waals surface area contributed by atoms with Gasteiger partial charge in [0.15, 0.2) is 0 Å². The number of rotatable bonds is 3. The monoisotopic (exact) mass is 499 g/mol. The molecule has 0 spiro atoms. The number of carbonyl (C=O) groups is 3. The van der Waals surface area contributed by atoms with Crippen LogP contribution in [0.1, 0.15) is 38.4 Å². The summed E-state index contributed by atoms with van der Waals surface area (Å²) in [6.45, 7) is 0.263. The molecular formula is C25H20F3N3O3S. The fraction of sp³-hybridized carbons (Fsp3) is 0.240. The molecule has 3 aromatic rings. The van der Waals surface area contributed by atoms with Crippen LogP contribution in [0.15, 0.2) is 60.0 Å². The van der Waals surface area contributed by atoms with Gasteiger partial charge in [0.2, 0.25) is 5.91 Å². The lowest BCUT2D eigenvalue weighted by atomic mass is 9.95. The predicted octanol–water partition coefficient (Wildman–Crippen LogP) is 4.79. The lowest BCUT2D eigenvalue weighted by Gasteiger charge is -2.37. The van der Waals surface area contributed by atoms with Gasteiger partial charge in [-0.15, -0.1) is 11.3 Å². The molecule has 2 aliphatic rings. The standard InChI is InChI=1S/C25H20F3N3O3S/c26-25(27,28)16-4-1-3-14(11-16)15-6-7-19-18(12-15)24(34)31-9-8-17(13-20(31)22(32)30-19)29-23(33)21-5-2-10-35-21/h1-7,10-12,17,20H,8-9,13H2,(H,29,33)(H,30,32). The number of nitrogens with one attached hydrogen (secondary N) is 2. The third kappa shape index (κ3) is 4.53. The lowest BCUT2D eigenvalue weighted by molar-refractivity contribution is -0.137. The number of nitrogens with zero attached hydrogens (tertiary/aromatic N) is 1. The molecule has 35 heavy (non-hydrogen) atoms. The van der Waals surface area contributed by atoms with E-state index in [2.05, 4.69) is 10.6 Å². The number of hydrogen-bond acceptors (Lipinski definition) is 4. The average Bonchev–Trinajstić information content (AvgIpc) is 3.36. The number of piperidine rings is 1. The molecule has 0 radical (unpaired) electrons. The molecule has 180 valence electrons. The zero-order valence-electron chi connectivity index (χ0n) is 18.3. The highest BCUT2D eigenvalue weighted by atomic mass is 32.1. The summed E-state index contributed by atoms with van der Waals surface area (Å²) in [6.07, 6.45) is -3.74. The molecule has 1 saturated heterocycles. The van der Waals surface area contributed by atoms with Gasteiger partial charge in [-0.3, -0.25) is 14.4 Å². The second kappa shape index (κ2) is 8.84. The predicted molar refractivity (Wildman–Crippen MR) is 125 cm³/mol. The van der Waals surface area contributed by atoms with Crippen LogP contribution in [0, 0.1) is 0 Å². The molecule has 6 nitrogen and oxygen atoms in total. The van der Waals surface area contributed by atoms with Crippen LogP contribution in [0.25, 0.3) is 11.1 Å². The van der Waals surface area contributed by atoms with Crippen molar-refractivity contribution in [1.29, 1.82) is 0 Å². The first-order valence-corrected chi connectivity index (χ1v) is 11.9. The number of amides is 3. The van der Waals surface area contributed by atoms with Crippen molar-refractivity contribution in [3.8, 4) is 11.1 Å². The summed E-state index contributed by atoms with van der Waals surface area (Å²) < 4.78 is 39.5. The number of thiophene rings is 1. The Morgan fingerprint density at radius 1 is 1.06 bits per heavy atom. The third-order valence-electron chi connectivity index (χ3n) is 6.28. The molecule has 3 amide bonds. The van der Waals surface area contributed by atoms with Crippen LogP contribution in [-0.4, -0.2) is 41.2 Å². The molecular weight excluding hydrogens is 479 g/mol. The lowest BCUT2D eigenvalue weighted by Crippen LogP contribution is -2.54. The smallest absolute Gasteiger partial charge is 0.348 e. The van der Waals surface area contributed by atoms with Gasteiger partial charge in [-0.1, -0.05) is 24.3 Å². The largest absolute Gasteiger partial charge is 0.416 e.